The normalized spacial score (nSPS) is 26.5. The summed E-state index contributed by atoms with van der Waals surface area (Å²) in [4.78, 5) is 9.88. The van der Waals surface area contributed by atoms with Gasteiger partial charge in [0.05, 0.1) is 57.9 Å². The van der Waals surface area contributed by atoms with Gasteiger partial charge in [-0.25, -0.2) is 0 Å². The Hall–Kier alpha value is -0.200. The molecule has 0 radical (unpaired) electrons. The monoisotopic (exact) mass is 680 g/mol. The third-order valence-corrected chi connectivity index (χ3v) is 8.30. The first kappa shape index (κ1) is 23.9. The molecule has 0 amide bonds. The number of phenols is 2. The largest absolute Gasteiger partial charge is 0.506 e. The molecule has 2 N–H and O–H groups in total. The maximum atomic E-state index is 9.85. The highest BCUT2D eigenvalue weighted by Gasteiger charge is 2.36. The number of nitrogens with zero attached hydrogens (tertiary/aromatic N) is 4. The number of halogens is 4. The van der Waals surface area contributed by atoms with Crippen molar-refractivity contribution in [2.24, 2.45) is 0 Å². The average Bonchev–Trinajstić information content (AvgIpc) is 2.69. The van der Waals surface area contributed by atoms with Crippen LogP contribution in [0.1, 0.15) is 25.0 Å². The van der Waals surface area contributed by atoms with Crippen molar-refractivity contribution in [3.05, 3.63) is 53.3 Å². The van der Waals surface area contributed by atoms with Crippen molar-refractivity contribution >= 4 is 63.7 Å². The molecular weight excluding hydrogens is 660 g/mol. The fourth-order valence-electron chi connectivity index (χ4n) is 4.25. The van der Waals surface area contributed by atoms with Crippen LogP contribution < -0.4 is 0 Å². The average molecular weight is 684 g/mol. The summed E-state index contributed by atoms with van der Waals surface area (Å²) >= 11 is 13.5. The fraction of sp³-hybridized carbons (Fsp3) is 0.429. The van der Waals surface area contributed by atoms with Crippen molar-refractivity contribution in [2.75, 3.05) is 40.0 Å². The number of benzene rings is 2. The summed E-state index contributed by atoms with van der Waals surface area (Å²) in [5.74, 6) is 0.366. The first-order valence-corrected chi connectivity index (χ1v) is 13.0. The Morgan fingerprint density at radius 1 is 0.581 bits per heavy atom. The van der Waals surface area contributed by atoms with Crippen LogP contribution in [0.25, 0.3) is 0 Å². The highest BCUT2D eigenvalue weighted by molar-refractivity contribution is 9.11. The molecule has 0 aromatic heterocycles. The van der Waals surface area contributed by atoms with Crippen LogP contribution in [0.5, 0.6) is 11.5 Å². The van der Waals surface area contributed by atoms with E-state index < -0.39 is 0 Å². The molecule has 6 nitrogen and oxygen atoms in total. The van der Waals surface area contributed by atoms with Crippen molar-refractivity contribution in [2.45, 2.75) is 19.3 Å². The van der Waals surface area contributed by atoms with Gasteiger partial charge in [0.2, 0.25) is 0 Å². The smallest absolute Gasteiger partial charge is 0.143 e. The molecule has 2 aromatic carbocycles. The van der Waals surface area contributed by atoms with E-state index in [0.717, 1.165) is 11.1 Å². The SMILES string of the molecule is C1N2CN3CN1CN(C2)C3.CC(C)(c1cc(Br)c(O)c(Br)c1)c1cc(Br)c(O)c(Br)c1. The Morgan fingerprint density at radius 3 is 1.03 bits per heavy atom. The van der Waals surface area contributed by atoms with E-state index in [1.165, 1.54) is 40.0 Å². The third-order valence-electron chi connectivity index (χ3n) is 5.88. The van der Waals surface area contributed by atoms with E-state index in [4.69, 9.17) is 0 Å². The van der Waals surface area contributed by atoms with Crippen LogP contribution in [0.3, 0.4) is 0 Å². The molecule has 6 rings (SSSR count). The van der Waals surface area contributed by atoms with Crippen molar-refractivity contribution < 1.29 is 10.2 Å². The molecule has 4 saturated heterocycles. The van der Waals surface area contributed by atoms with Crippen molar-refractivity contribution in [1.82, 2.24) is 19.6 Å². The summed E-state index contributed by atoms with van der Waals surface area (Å²) in [5.41, 5.74) is 1.75. The topological polar surface area (TPSA) is 53.4 Å². The summed E-state index contributed by atoms with van der Waals surface area (Å²) in [6.45, 7) is 11.3. The molecule has 4 aliphatic rings. The Bertz CT molecular complexity index is 839. The number of rotatable bonds is 2. The minimum atomic E-state index is -0.308. The van der Waals surface area contributed by atoms with Gasteiger partial charge in [-0.1, -0.05) is 13.8 Å². The standard InChI is InChI=1S/C15H12Br4O2.C6H12N4/c1-15(2,7-3-9(16)13(20)10(17)4-7)8-5-11(18)14(21)12(19)6-8;1-7-2-9-4-8(1)5-10(3-7)6-9/h3-6,20-21H,1-2H3;1-6H2. The minimum Gasteiger partial charge on any atom is -0.506 e. The van der Waals surface area contributed by atoms with E-state index in [1.807, 2.05) is 24.3 Å². The van der Waals surface area contributed by atoms with E-state index in [9.17, 15) is 10.2 Å². The second kappa shape index (κ2) is 9.21. The van der Waals surface area contributed by atoms with E-state index in [1.54, 1.807) is 0 Å². The zero-order valence-electron chi connectivity index (χ0n) is 17.2. The second-order valence-electron chi connectivity index (χ2n) is 8.73. The third kappa shape index (κ3) is 5.01. The molecular formula is C21H24Br4N4O2. The molecule has 2 aromatic rings. The molecule has 168 valence electrons. The highest BCUT2D eigenvalue weighted by atomic mass is 79.9. The second-order valence-corrected chi connectivity index (χ2v) is 12.2. The van der Waals surface area contributed by atoms with Crippen LogP contribution >= 0.6 is 63.7 Å². The van der Waals surface area contributed by atoms with Crippen LogP contribution in [-0.2, 0) is 5.41 Å². The van der Waals surface area contributed by atoms with Gasteiger partial charge in [-0.3, -0.25) is 19.6 Å². The fourth-order valence-corrected chi connectivity index (χ4v) is 6.63. The molecule has 0 unspecified atom stereocenters. The van der Waals surface area contributed by atoms with Gasteiger partial charge in [-0.2, -0.15) is 0 Å². The molecule has 0 atom stereocenters. The van der Waals surface area contributed by atoms with Crippen LogP contribution in [0, 0.1) is 0 Å². The van der Waals surface area contributed by atoms with E-state index in [-0.39, 0.29) is 16.9 Å². The summed E-state index contributed by atoms with van der Waals surface area (Å²) in [7, 11) is 0. The van der Waals surface area contributed by atoms with E-state index in [0.29, 0.717) is 17.9 Å². The van der Waals surface area contributed by atoms with Gasteiger partial charge in [0.25, 0.3) is 0 Å². The van der Waals surface area contributed by atoms with Gasteiger partial charge < -0.3 is 10.2 Å². The predicted molar refractivity (Wildman–Crippen MR) is 136 cm³/mol. The summed E-state index contributed by atoms with van der Waals surface area (Å²) in [6, 6.07) is 7.59. The lowest BCUT2D eigenvalue weighted by Crippen LogP contribution is -2.71. The lowest BCUT2D eigenvalue weighted by Gasteiger charge is -2.56. The van der Waals surface area contributed by atoms with Crippen molar-refractivity contribution in [3.63, 3.8) is 0 Å². The molecule has 0 aliphatic carbocycles. The maximum Gasteiger partial charge on any atom is 0.143 e. The van der Waals surface area contributed by atoms with Crippen LogP contribution in [0.15, 0.2) is 42.2 Å². The minimum absolute atomic E-state index is 0.183. The van der Waals surface area contributed by atoms with E-state index in [2.05, 4.69) is 97.2 Å². The Labute approximate surface area is 216 Å². The maximum absolute atomic E-state index is 9.85. The quantitative estimate of drug-likeness (QED) is 0.439. The van der Waals surface area contributed by atoms with Crippen LogP contribution in [0.2, 0.25) is 0 Å². The zero-order chi connectivity index (χ0) is 22.5. The Balaban J connectivity index is 0.000000188. The predicted octanol–water partition coefficient (Wildman–Crippen LogP) is 5.45. The Kier molecular flexibility index (Phi) is 7.11. The molecule has 4 bridgehead atoms. The van der Waals surface area contributed by atoms with Gasteiger partial charge >= 0.3 is 0 Å². The number of aromatic hydroxyl groups is 2. The highest BCUT2D eigenvalue weighted by Crippen LogP contribution is 2.43. The first-order chi connectivity index (χ1) is 14.5. The molecule has 31 heavy (non-hydrogen) atoms. The molecule has 0 saturated carbocycles. The zero-order valence-corrected chi connectivity index (χ0v) is 23.6. The number of phenolic OH excluding ortho intramolecular Hbond substituents is 2. The molecule has 4 aliphatic heterocycles. The lowest BCUT2D eigenvalue weighted by molar-refractivity contribution is -0.194. The van der Waals surface area contributed by atoms with Gasteiger partial charge in [0, 0.05) is 5.41 Å². The summed E-state index contributed by atoms with van der Waals surface area (Å²) in [5, 5.41) is 19.7. The number of hydrogen-bond donors (Lipinski definition) is 2. The van der Waals surface area contributed by atoms with Gasteiger partial charge in [0.15, 0.2) is 0 Å². The summed E-state index contributed by atoms with van der Waals surface area (Å²) in [6.07, 6.45) is 0. The van der Waals surface area contributed by atoms with Gasteiger partial charge in [-0.05, 0) is 99.1 Å². The number of hydrogen-bond acceptors (Lipinski definition) is 6. The lowest BCUT2D eigenvalue weighted by atomic mass is 9.78. The molecule has 4 fully saturated rings. The summed E-state index contributed by atoms with van der Waals surface area (Å²) < 4.78 is 2.54. The van der Waals surface area contributed by atoms with E-state index >= 15 is 0 Å². The van der Waals surface area contributed by atoms with Crippen molar-refractivity contribution in [1.29, 1.82) is 0 Å². The van der Waals surface area contributed by atoms with Gasteiger partial charge in [-0.15, -0.1) is 0 Å². The van der Waals surface area contributed by atoms with Crippen LogP contribution in [0.4, 0.5) is 0 Å². The van der Waals surface area contributed by atoms with Gasteiger partial charge in [0.1, 0.15) is 11.5 Å². The van der Waals surface area contributed by atoms with Crippen LogP contribution in [-0.4, -0.2) is 69.8 Å². The first-order valence-electron chi connectivity index (χ1n) is 9.81. The molecule has 0 spiro atoms. The Morgan fingerprint density at radius 2 is 0.806 bits per heavy atom. The van der Waals surface area contributed by atoms with Crippen molar-refractivity contribution in [3.8, 4) is 11.5 Å². The molecule has 4 heterocycles. The molecule has 10 heteroatoms.